The van der Waals surface area contributed by atoms with Crippen LogP contribution in [0, 0.1) is 0 Å². The molecule has 1 aromatic heterocycles. The SMILES string of the molecule is COc1ccccc1NC(=O)c1c(N)sc2c1CCCC2. The van der Waals surface area contributed by atoms with Crippen molar-refractivity contribution in [2.75, 3.05) is 18.2 Å². The maximum atomic E-state index is 12.6. The number of carbonyl (C=O) groups excluding carboxylic acids is 1. The Morgan fingerprint density at radius 3 is 2.86 bits per heavy atom. The summed E-state index contributed by atoms with van der Waals surface area (Å²) in [5.41, 5.74) is 8.53. The van der Waals surface area contributed by atoms with Crippen LogP contribution in [0.2, 0.25) is 0 Å². The van der Waals surface area contributed by atoms with E-state index in [1.807, 2.05) is 24.3 Å². The second-order valence-corrected chi connectivity index (χ2v) is 6.24. The first-order valence-electron chi connectivity index (χ1n) is 7.05. The van der Waals surface area contributed by atoms with Gasteiger partial charge in [0.15, 0.2) is 0 Å². The van der Waals surface area contributed by atoms with Crippen molar-refractivity contribution in [2.24, 2.45) is 0 Å². The lowest BCUT2D eigenvalue weighted by Gasteiger charge is -2.14. The Kier molecular flexibility index (Phi) is 3.84. The Morgan fingerprint density at radius 1 is 1.29 bits per heavy atom. The van der Waals surface area contributed by atoms with E-state index >= 15 is 0 Å². The van der Waals surface area contributed by atoms with Gasteiger partial charge in [0.2, 0.25) is 0 Å². The number of fused-ring (bicyclic) bond motifs is 1. The molecule has 1 aliphatic rings. The van der Waals surface area contributed by atoms with E-state index in [9.17, 15) is 4.79 Å². The molecule has 0 fully saturated rings. The molecule has 0 saturated carbocycles. The van der Waals surface area contributed by atoms with Gasteiger partial charge in [-0.15, -0.1) is 11.3 Å². The molecule has 2 aromatic rings. The summed E-state index contributed by atoms with van der Waals surface area (Å²) >= 11 is 1.55. The molecule has 5 heteroatoms. The van der Waals surface area contributed by atoms with Gasteiger partial charge in [-0.2, -0.15) is 0 Å². The van der Waals surface area contributed by atoms with Crippen molar-refractivity contribution in [3.05, 3.63) is 40.3 Å². The van der Waals surface area contributed by atoms with E-state index in [4.69, 9.17) is 10.5 Å². The van der Waals surface area contributed by atoms with Crippen molar-refractivity contribution in [1.29, 1.82) is 0 Å². The van der Waals surface area contributed by atoms with Crippen molar-refractivity contribution in [3.8, 4) is 5.75 Å². The van der Waals surface area contributed by atoms with Crippen LogP contribution >= 0.6 is 11.3 Å². The summed E-state index contributed by atoms with van der Waals surface area (Å²) in [5, 5.41) is 3.54. The van der Waals surface area contributed by atoms with E-state index in [0.717, 1.165) is 24.8 Å². The molecule has 1 amide bonds. The summed E-state index contributed by atoms with van der Waals surface area (Å²) in [6.07, 6.45) is 4.28. The number of nitrogens with two attached hydrogens (primary N) is 1. The number of amides is 1. The third-order valence-electron chi connectivity index (χ3n) is 3.78. The van der Waals surface area contributed by atoms with E-state index in [2.05, 4.69) is 5.32 Å². The predicted molar refractivity (Wildman–Crippen MR) is 86.3 cm³/mol. The van der Waals surface area contributed by atoms with Gasteiger partial charge in [0.25, 0.3) is 5.91 Å². The zero-order valence-corrected chi connectivity index (χ0v) is 12.8. The molecule has 0 atom stereocenters. The maximum Gasteiger partial charge on any atom is 0.259 e. The second kappa shape index (κ2) is 5.77. The number of hydrogen-bond acceptors (Lipinski definition) is 4. The van der Waals surface area contributed by atoms with Gasteiger partial charge in [0.05, 0.1) is 23.4 Å². The number of rotatable bonds is 3. The first kappa shape index (κ1) is 13.9. The van der Waals surface area contributed by atoms with E-state index in [1.165, 1.54) is 11.3 Å². The fourth-order valence-electron chi connectivity index (χ4n) is 2.77. The number of nitrogen functional groups attached to an aromatic ring is 1. The Balaban J connectivity index is 1.91. The fraction of sp³-hybridized carbons (Fsp3) is 0.312. The van der Waals surface area contributed by atoms with Crippen LogP contribution in [0.15, 0.2) is 24.3 Å². The van der Waals surface area contributed by atoms with Gasteiger partial charge in [-0.25, -0.2) is 0 Å². The topological polar surface area (TPSA) is 64.3 Å². The standard InChI is InChI=1S/C16H18N2O2S/c1-20-12-8-4-3-7-11(12)18-16(19)14-10-6-2-5-9-13(10)21-15(14)17/h3-4,7-8H,2,5-6,9,17H2,1H3,(H,18,19). The highest BCUT2D eigenvalue weighted by molar-refractivity contribution is 7.16. The highest BCUT2D eigenvalue weighted by Gasteiger charge is 2.24. The summed E-state index contributed by atoms with van der Waals surface area (Å²) in [7, 11) is 1.59. The molecule has 0 unspecified atom stereocenters. The summed E-state index contributed by atoms with van der Waals surface area (Å²) in [5.74, 6) is 0.505. The first-order chi connectivity index (χ1) is 10.2. The Bertz CT molecular complexity index is 679. The molecule has 3 rings (SSSR count). The smallest absolute Gasteiger partial charge is 0.259 e. The second-order valence-electron chi connectivity index (χ2n) is 5.10. The number of anilines is 2. The third-order valence-corrected chi connectivity index (χ3v) is 4.90. The lowest BCUT2D eigenvalue weighted by molar-refractivity contribution is 0.102. The predicted octanol–water partition coefficient (Wildman–Crippen LogP) is 3.47. The van der Waals surface area contributed by atoms with Crippen molar-refractivity contribution in [2.45, 2.75) is 25.7 Å². The summed E-state index contributed by atoms with van der Waals surface area (Å²) < 4.78 is 5.26. The molecule has 1 aromatic carbocycles. The molecule has 3 N–H and O–H groups in total. The minimum absolute atomic E-state index is 0.142. The van der Waals surface area contributed by atoms with Crippen LogP contribution < -0.4 is 15.8 Å². The molecule has 21 heavy (non-hydrogen) atoms. The van der Waals surface area contributed by atoms with E-state index in [1.54, 1.807) is 18.4 Å². The van der Waals surface area contributed by atoms with Crippen LogP contribution in [-0.2, 0) is 12.8 Å². The molecular weight excluding hydrogens is 284 g/mol. The molecule has 0 aliphatic heterocycles. The van der Waals surface area contributed by atoms with E-state index in [0.29, 0.717) is 22.0 Å². The zero-order chi connectivity index (χ0) is 14.8. The third kappa shape index (κ3) is 2.61. The number of benzene rings is 1. The van der Waals surface area contributed by atoms with E-state index in [-0.39, 0.29) is 5.91 Å². The molecule has 4 nitrogen and oxygen atoms in total. The maximum absolute atomic E-state index is 12.6. The summed E-state index contributed by atoms with van der Waals surface area (Å²) in [6, 6.07) is 7.38. The molecule has 0 saturated heterocycles. The zero-order valence-electron chi connectivity index (χ0n) is 11.9. The number of ether oxygens (including phenoxy) is 1. The number of carbonyl (C=O) groups is 1. The van der Waals surface area contributed by atoms with Gasteiger partial charge in [0.1, 0.15) is 5.75 Å². The van der Waals surface area contributed by atoms with Gasteiger partial charge in [-0.05, 0) is 43.4 Å². The van der Waals surface area contributed by atoms with Gasteiger partial charge in [-0.3, -0.25) is 4.79 Å². The Labute approximate surface area is 127 Å². The lowest BCUT2D eigenvalue weighted by Crippen LogP contribution is -2.16. The number of nitrogens with one attached hydrogen (secondary N) is 1. The summed E-state index contributed by atoms with van der Waals surface area (Å²) in [6.45, 7) is 0. The van der Waals surface area contributed by atoms with Gasteiger partial charge in [0, 0.05) is 4.88 Å². The van der Waals surface area contributed by atoms with Gasteiger partial charge >= 0.3 is 0 Å². The quantitative estimate of drug-likeness (QED) is 0.912. The van der Waals surface area contributed by atoms with Crippen LogP contribution in [0.25, 0.3) is 0 Å². The number of hydrogen-bond donors (Lipinski definition) is 2. The van der Waals surface area contributed by atoms with Crippen LogP contribution in [0.4, 0.5) is 10.7 Å². The van der Waals surface area contributed by atoms with Gasteiger partial charge < -0.3 is 15.8 Å². The molecular formula is C16H18N2O2S. The largest absolute Gasteiger partial charge is 0.495 e. The van der Waals surface area contributed by atoms with Crippen molar-refractivity contribution in [3.63, 3.8) is 0 Å². The molecule has 0 bridgehead atoms. The minimum Gasteiger partial charge on any atom is -0.495 e. The fourth-order valence-corrected chi connectivity index (χ4v) is 3.93. The number of para-hydroxylation sites is 2. The average Bonchev–Trinajstić information content (AvgIpc) is 2.83. The highest BCUT2D eigenvalue weighted by atomic mass is 32.1. The molecule has 1 heterocycles. The van der Waals surface area contributed by atoms with Crippen molar-refractivity contribution >= 4 is 27.9 Å². The first-order valence-corrected chi connectivity index (χ1v) is 7.86. The highest BCUT2D eigenvalue weighted by Crippen LogP contribution is 2.37. The van der Waals surface area contributed by atoms with Gasteiger partial charge in [-0.1, -0.05) is 12.1 Å². The molecule has 0 radical (unpaired) electrons. The minimum atomic E-state index is -0.142. The van der Waals surface area contributed by atoms with E-state index < -0.39 is 0 Å². The number of aryl methyl sites for hydroxylation is 1. The van der Waals surface area contributed by atoms with Crippen molar-refractivity contribution < 1.29 is 9.53 Å². The van der Waals surface area contributed by atoms with Crippen LogP contribution in [0.1, 0.15) is 33.6 Å². The molecule has 110 valence electrons. The molecule has 0 spiro atoms. The normalized spacial score (nSPS) is 13.6. The Morgan fingerprint density at radius 2 is 2.05 bits per heavy atom. The summed E-state index contributed by atoms with van der Waals surface area (Å²) in [4.78, 5) is 13.9. The van der Waals surface area contributed by atoms with Crippen molar-refractivity contribution in [1.82, 2.24) is 0 Å². The molecule has 1 aliphatic carbocycles. The monoisotopic (exact) mass is 302 g/mol. The van der Waals surface area contributed by atoms with Crippen LogP contribution in [-0.4, -0.2) is 13.0 Å². The number of methoxy groups -OCH3 is 1. The number of thiophene rings is 1. The van der Waals surface area contributed by atoms with Crippen LogP contribution in [0.3, 0.4) is 0 Å². The van der Waals surface area contributed by atoms with Crippen LogP contribution in [0.5, 0.6) is 5.75 Å². The lowest BCUT2D eigenvalue weighted by atomic mass is 9.95. The Hall–Kier alpha value is -2.01. The average molecular weight is 302 g/mol.